The molecular formula is C32H30N6O3S. The summed E-state index contributed by atoms with van der Waals surface area (Å²) >= 11 is -1.78. The first kappa shape index (κ1) is 28.7. The van der Waals surface area contributed by atoms with Crippen LogP contribution in [0.3, 0.4) is 0 Å². The second kappa shape index (κ2) is 12.8. The number of benzene rings is 2. The van der Waals surface area contributed by atoms with Gasteiger partial charge in [-0.2, -0.15) is 0 Å². The van der Waals surface area contributed by atoms with Gasteiger partial charge in [0.2, 0.25) is 0 Å². The van der Waals surface area contributed by atoms with E-state index in [9.17, 15) is 9.35 Å². The fourth-order valence-corrected chi connectivity index (χ4v) is 4.76. The topological polar surface area (TPSA) is 125 Å². The summed E-state index contributed by atoms with van der Waals surface area (Å²) in [6.07, 6.45) is 5.91. The van der Waals surface area contributed by atoms with E-state index in [1.54, 1.807) is 45.4 Å². The van der Waals surface area contributed by atoms with E-state index < -0.39 is 23.1 Å². The van der Waals surface area contributed by atoms with Gasteiger partial charge in [-0.1, -0.05) is 48.5 Å². The highest BCUT2D eigenvalue weighted by Gasteiger charge is 2.19. The first-order valence-electron chi connectivity index (χ1n) is 13.3. The quantitative estimate of drug-likeness (QED) is 0.199. The Morgan fingerprint density at radius 1 is 0.976 bits per heavy atom. The smallest absolute Gasteiger partial charge is 0.449 e. The molecule has 9 nitrogen and oxygen atoms in total. The first-order valence-corrected chi connectivity index (χ1v) is 14.5. The number of aromatic nitrogens is 4. The largest absolute Gasteiger partial charge is 0.588 e. The molecule has 1 amide bonds. The minimum atomic E-state index is -1.78. The van der Waals surface area contributed by atoms with Crippen molar-refractivity contribution in [3.63, 3.8) is 0 Å². The summed E-state index contributed by atoms with van der Waals surface area (Å²) in [5.74, 6) is 1.15. The number of fused-ring (bicyclic) bond motifs is 1. The molecule has 0 saturated heterocycles. The van der Waals surface area contributed by atoms with Gasteiger partial charge in [-0.05, 0) is 67.8 Å². The lowest BCUT2D eigenvalue weighted by molar-refractivity contribution is 0.0570. The van der Waals surface area contributed by atoms with E-state index in [-0.39, 0.29) is 0 Å². The number of carbonyl (C=O) groups is 1. The number of hydrogen-bond donors (Lipinski definition) is 2. The standard InChI is InChI=1S/C32H30N6O3S/c1-32(2,3)41-31(39)38-42(40)17-15-22-18-24(20-33-19-22)29-36-27-14-9-13-26(23-10-5-4-6-11-23)28(27)30(37-29)35-21-25-12-7-8-16-34-25/h4-20H,21H2,1-3H3,(H,38,39)(H,35,36,37)/b17-15+. The SMILES string of the molecule is CC(C)(C)OC(=O)N[S+]([O-])/C=C/c1cncc(-c2nc(NCc3ccccn3)c3c(-c4ccccc4)cccc3n2)c1. The number of rotatable bonds is 8. The molecule has 3 heterocycles. The van der Waals surface area contributed by atoms with Crippen molar-refractivity contribution in [3.8, 4) is 22.5 Å². The number of carbonyl (C=O) groups excluding carboxylic acids is 1. The molecule has 5 aromatic rings. The Balaban J connectivity index is 1.48. The predicted octanol–water partition coefficient (Wildman–Crippen LogP) is 6.53. The Bertz CT molecular complexity index is 1710. The van der Waals surface area contributed by atoms with Crippen LogP contribution in [0.5, 0.6) is 0 Å². The van der Waals surface area contributed by atoms with Crippen molar-refractivity contribution in [1.29, 1.82) is 0 Å². The van der Waals surface area contributed by atoms with Crippen LogP contribution in [-0.2, 0) is 22.6 Å². The lowest BCUT2D eigenvalue weighted by atomic mass is 10.0. The molecule has 0 spiro atoms. The maximum absolute atomic E-state index is 12.4. The Kier molecular flexibility index (Phi) is 8.75. The number of anilines is 1. The number of amides is 1. The maximum Gasteiger partial charge on any atom is 0.449 e. The van der Waals surface area contributed by atoms with Crippen molar-refractivity contribution < 1.29 is 14.1 Å². The summed E-state index contributed by atoms with van der Waals surface area (Å²) < 4.78 is 19.8. The van der Waals surface area contributed by atoms with E-state index in [1.165, 1.54) is 5.41 Å². The van der Waals surface area contributed by atoms with Crippen molar-refractivity contribution in [2.75, 3.05) is 5.32 Å². The summed E-state index contributed by atoms with van der Waals surface area (Å²) in [5, 5.41) is 5.73. The molecule has 2 aromatic carbocycles. The highest BCUT2D eigenvalue weighted by atomic mass is 32.2. The fourth-order valence-electron chi connectivity index (χ4n) is 4.20. The van der Waals surface area contributed by atoms with Gasteiger partial charge in [0.05, 0.1) is 23.1 Å². The van der Waals surface area contributed by atoms with Gasteiger partial charge in [-0.25, -0.2) is 14.8 Å². The molecule has 0 aliphatic carbocycles. The van der Waals surface area contributed by atoms with Crippen LogP contribution in [0.4, 0.5) is 10.6 Å². The van der Waals surface area contributed by atoms with E-state index in [0.717, 1.165) is 27.7 Å². The highest BCUT2D eigenvalue weighted by molar-refractivity contribution is 7.93. The zero-order valence-corrected chi connectivity index (χ0v) is 24.3. The van der Waals surface area contributed by atoms with Crippen LogP contribution in [0.1, 0.15) is 32.0 Å². The zero-order chi connectivity index (χ0) is 29.5. The van der Waals surface area contributed by atoms with E-state index in [4.69, 9.17) is 14.7 Å². The average molecular weight is 579 g/mol. The second-order valence-corrected chi connectivity index (χ2v) is 11.4. The number of nitrogens with zero attached hydrogens (tertiary/aromatic N) is 4. The third-order valence-electron chi connectivity index (χ3n) is 5.96. The third-order valence-corrected chi connectivity index (χ3v) is 6.71. The lowest BCUT2D eigenvalue weighted by Crippen LogP contribution is -2.35. The summed E-state index contributed by atoms with van der Waals surface area (Å²) in [5.41, 5.74) is 4.37. The van der Waals surface area contributed by atoms with E-state index in [1.807, 2.05) is 54.6 Å². The molecule has 0 aliphatic rings. The molecule has 0 aliphatic heterocycles. The Hall–Kier alpha value is -4.80. The number of pyridine rings is 2. The van der Waals surface area contributed by atoms with Gasteiger partial charge < -0.3 is 14.6 Å². The fraction of sp³-hybridized carbons (Fsp3) is 0.156. The molecule has 42 heavy (non-hydrogen) atoms. The molecule has 0 bridgehead atoms. The Morgan fingerprint density at radius 2 is 1.79 bits per heavy atom. The molecule has 10 heteroatoms. The van der Waals surface area contributed by atoms with Crippen molar-refractivity contribution in [3.05, 3.63) is 108 Å². The van der Waals surface area contributed by atoms with Gasteiger partial charge in [0.25, 0.3) is 0 Å². The third kappa shape index (κ3) is 7.48. The van der Waals surface area contributed by atoms with Crippen LogP contribution < -0.4 is 10.0 Å². The summed E-state index contributed by atoms with van der Waals surface area (Å²) in [7, 11) is 0. The lowest BCUT2D eigenvalue weighted by Gasteiger charge is -2.19. The summed E-state index contributed by atoms with van der Waals surface area (Å²) in [4.78, 5) is 30.5. The molecule has 3 aromatic heterocycles. The highest BCUT2D eigenvalue weighted by Crippen LogP contribution is 2.34. The molecule has 1 unspecified atom stereocenters. The first-order chi connectivity index (χ1) is 20.2. The van der Waals surface area contributed by atoms with Crippen molar-refractivity contribution in [1.82, 2.24) is 24.7 Å². The zero-order valence-electron chi connectivity index (χ0n) is 23.4. The number of hydrogen-bond acceptors (Lipinski definition) is 8. The minimum Gasteiger partial charge on any atom is -0.588 e. The normalized spacial score (nSPS) is 12.3. The van der Waals surface area contributed by atoms with Crippen molar-refractivity contribution in [2.45, 2.75) is 32.9 Å². The van der Waals surface area contributed by atoms with Crippen LogP contribution in [0, 0.1) is 0 Å². The van der Waals surface area contributed by atoms with Gasteiger partial charge in [0, 0.05) is 24.2 Å². The molecule has 0 fully saturated rings. The van der Waals surface area contributed by atoms with E-state index in [0.29, 0.717) is 29.3 Å². The molecule has 1 atom stereocenters. The van der Waals surface area contributed by atoms with Crippen LogP contribution in [0.2, 0.25) is 0 Å². The molecule has 0 radical (unpaired) electrons. The average Bonchev–Trinajstić information content (AvgIpc) is 2.98. The van der Waals surface area contributed by atoms with Crippen molar-refractivity contribution >= 4 is 40.3 Å². The predicted molar refractivity (Wildman–Crippen MR) is 166 cm³/mol. The van der Waals surface area contributed by atoms with Crippen LogP contribution in [0.25, 0.3) is 39.5 Å². The second-order valence-electron chi connectivity index (χ2n) is 10.3. The summed E-state index contributed by atoms with van der Waals surface area (Å²) in [6.45, 7) is 5.69. The molecule has 0 saturated carbocycles. The number of nitrogens with one attached hydrogen (secondary N) is 2. The van der Waals surface area contributed by atoms with Crippen LogP contribution in [0.15, 0.2) is 96.8 Å². The number of ether oxygens (including phenoxy) is 1. The maximum atomic E-state index is 12.4. The Morgan fingerprint density at radius 3 is 2.55 bits per heavy atom. The minimum absolute atomic E-state index is 0.479. The van der Waals surface area contributed by atoms with E-state index in [2.05, 4.69) is 38.2 Å². The van der Waals surface area contributed by atoms with Gasteiger partial charge >= 0.3 is 6.09 Å². The van der Waals surface area contributed by atoms with E-state index >= 15 is 0 Å². The van der Waals surface area contributed by atoms with Crippen LogP contribution in [-0.4, -0.2) is 36.2 Å². The van der Waals surface area contributed by atoms with Crippen molar-refractivity contribution in [2.24, 2.45) is 0 Å². The summed E-state index contributed by atoms with van der Waals surface area (Å²) in [6, 6.07) is 23.8. The van der Waals surface area contributed by atoms with Crippen LogP contribution >= 0.6 is 0 Å². The molecule has 5 rings (SSSR count). The van der Waals surface area contributed by atoms with Gasteiger partial charge in [0.15, 0.2) is 5.82 Å². The van der Waals surface area contributed by atoms with Gasteiger partial charge in [0.1, 0.15) is 28.2 Å². The van der Waals surface area contributed by atoms with Gasteiger partial charge in [-0.15, -0.1) is 4.72 Å². The van der Waals surface area contributed by atoms with Gasteiger partial charge in [-0.3, -0.25) is 9.97 Å². The monoisotopic (exact) mass is 578 g/mol. The molecule has 212 valence electrons. The molecular weight excluding hydrogens is 548 g/mol. The molecule has 2 N–H and O–H groups in total. The Labute approximate surface area is 247 Å².